The van der Waals surface area contributed by atoms with Crippen molar-refractivity contribution in [3.8, 4) is 0 Å². The van der Waals surface area contributed by atoms with Crippen LogP contribution in [0.4, 0.5) is 0 Å². The number of carboxylic acid groups (broad SMARTS) is 1. The first kappa shape index (κ1) is 25.7. The van der Waals surface area contributed by atoms with Crippen LogP contribution in [0.3, 0.4) is 0 Å². The lowest BCUT2D eigenvalue weighted by Gasteiger charge is -2.32. The summed E-state index contributed by atoms with van der Waals surface area (Å²) in [5.41, 5.74) is 2.27. The zero-order chi connectivity index (χ0) is 25.8. The predicted octanol–water partition coefficient (Wildman–Crippen LogP) is 2.45. The van der Waals surface area contributed by atoms with E-state index in [2.05, 4.69) is 5.32 Å². The molecular weight excluding hydrogens is 464 g/mol. The van der Waals surface area contributed by atoms with Crippen LogP contribution >= 0.6 is 0 Å². The van der Waals surface area contributed by atoms with Crippen LogP contribution in [0.2, 0.25) is 0 Å². The zero-order valence-corrected chi connectivity index (χ0v) is 20.7. The van der Waals surface area contributed by atoms with Crippen molar-refractivity contribution in [1.82, 2.24) is 19.4 Å². The summed E-state index contributed by atoms with van der Waals surface area (Å²) in [5, 5.41) is 11.0. The van der Waals surface area contributed by atoms with Crippen molar-refractivity contribution in [2.75, 3.05) is 13.1 Å². The Balaban J connectivity index is 1.36. The molecular formula is C26H34N4O6. The van der Waals surface area contributed by atoms with Crippen LogP contribution < -0.4 is 11.0 Å². The highest BCUT2D eigenvalue weighted by Gasteiger charge is 2.31. The molecule has 2 aromatic rings. The molecule has 1 aromatic carbocycles. The minimum absolute atomic E-state index is 0.158. The summed E-state index contributed by atoms with van der Waals surface area (Å²) in [6, 6.07) is 5.20. The van der Waals surface area contributed by atoms with Gasteiger partial charge in [0.1, 0.15) is 6.04 Å². The van der Waals surface area contributed by atoms with E-state index in [9.17, 15) is 24.0 Å². The van der Waals surface area contributed by atoms with E-state index in [4.69, 9.17) is 5.11 Å². The molecule has 0 spiro atoms. The topological polar surface area (TPSA) is 131 Å². The number of imidazole rings is 1. The van der Waals surface area contributed by atoms with Crippen LogP contribution in [0.1, 0.15) is 81.7 Å². The molecule has 0 aliphatic carbocycles. The molecule has 0 radical (unpaired) electrons. The quantitative estimate of drug-likeness (QED) is 0.403. The number of carbonyl (C=O) groups is 4. The van der Waals surface area contributed by atoms with Crippen molar-refractivity contribution in [2.45, 2.75) is 76.2 Å². The first-order valence-corrected chi connectivity index (χ1v) is 12.8. The summed E-state index contributed by atoms with van der Waals surface area (Å²) < 4.78 is 3.04. The number of hydrogen-bond acceptors (Lipinski definition) is 5. The minimum atomic E-state index is -0.776. The molecule has 3 amide bonds. The number of amides is 3. The van der Waals surface area contributed by atoms with Gasteiger partial charge in [-0.15, -0.1) is 0 Å². The third kappa shape index (κ3) is 5.52. The molecule has 194 valence electrons. The predicted molar refractivity (Wildman–Crippen MR) is 132 cm³/mol. The van der Waals surface area contributed by atoms with E-state index in [0.29, 0.717) is 37.9 Å². The first-order chi connectivity index (χ1) is 17.3. The minimum Gasteiger partial charge on any atom is -0.481 e. The maximum atomic E-state index is 13.0. The standard InChI is InChI=1S/C26H34N4O6/c1-28-21-16-18(8-9-19(21)30(26(28)36)20-10-11-22(31)27-25(20)35)17-12-14-29(15-13-17)23(32)6-4-2-3-5-7-24(33)34/h8-9,16-17,20H,2-7,10-15H2,1H3,(H,33,34)(H,27,31,35). The molecule has 3 heterocycles. The van der Waals surface area contributed by atoms with E-state index in [1.54, 1.807) is 11.6 Å². The molecule has 2 aliphatic heterocycles. The smallest absolute Gasteiger partial charge is 0.329 e. The van der Waals surface area contributed by atoms with E-state index < -0.39 is 17.9 Å². The number of aliphatic carboxylic acids is 1. The Labute approximate surface area is 209 Å². The number of nitrogens with one attached hydrogen (secondary N) is 1. The third-order valence-corrected chi connectivity index (χ3v) is 7.49. The Morgan fingerprint density at radius 3 is 2.33 bits per heavy atom. The van der Waals surface area contributed by atoms with Gasteiger partial charge in [-0.3, -0.25) is 33.6 Å². The highest BCUT2D eigenvalue weighted by Crippen LogP contribution is 2.31. The summed E-state index contributed by atoms with van der Waals surface area (Å²) in [6.07, 6.45) is 6.03. The Bertz CT molecular complexity index is 1220. The van der Waals surface area contributed by atoms with Crippen molar-refractivity contribution in [1.29, 1.82) is 0 Å². The number of benzene rings is 1. The summed E-state index contributed by atoms with van der Waals surface area (Å²) in [7, 11) is 1.69. The average Bonchev–Trinajstić information content (AvgIpc) is 3.10. The van der Waals surface area contributed by atoms with Crippen LogP contribution in [0, 0.1) is 0 Å². The monoisotopic (exact) mass is 498 g/mol. The van der Waals surface area contributed by atoms with Gasteiger partial charge in [0.25, 0.3) is 0 Å². The number of imide groups is 1. The lowest BCUT2D eigenvalue weighted by molar-refractivity contribution is -0.137. The van der Waals surface area contributed by atoms with Gasteiger partial charge < -0.3 is 10.0 Å². The Hall–Kier alpha value is -3.43. The molecule has 2 N–H and O–H groups in total. The molecule has 0 bridgehead atoms. The molecule has 1 unspecified atom stereocenters. The summed E-state index contributed by atoms with van der Waals surface area (Å²) in [4.78, 5) is 62.0. The number of nitrogens with zero attached hydrogens (tertiary/aromatic N) is 3. The number of unbranched alkanes of at least 4 members (excludes halogenated alkanes) is 3. The van der Waals surface area contributed by atoms with Gasteiger partial charge in [-0.25, -0.2) is 4.79 Å². The van der Waals surface area contributed by atoms with E-state index in [1.165, 1.54) is 4.57 Å². The molecule has 2 fully saturated rings. The van der Waals surface area contributed by atoms with Gasteiger partial charge in [0.15, 0.2) is 0 Å². The van der Waals surface area contributed by atoms with Crippen LogP contribution in [-0.4, -0.2) is 55.9 Å². The maximum Gasteiger partial charge on any atom is 0.329 e. The number of carbonyl (C=O) groups excluding carboxylic acids is 3. The van der Waals surface area contributed by atoms with Gasteiger partial charge in [0.05, 0.1) is 11.0 Å². The molecule has 1 aromatic heterocycles. The van der Waals surface area contributed by atoms with Crippen LogP contribution in [0.5, 0.6) is 0 Å². The van der Waals surface area contributed by atoms with Gasteiger partial charge in [0, 0.05) is 39.4 Å². The molecule has 2 saturated heterocycles. The van der Waals surface area contributed by atoms with Crippen LogP contribution in [0.15, 0.2) is 23.0 Å². The highest BCUT2D eigenvalue weighted by molar-refractivity contribution is 6.00. The third-order valence-electron chi connectivity index (χ3n) is 7.49. The average molecular weight is 499 g/mol. The van der Waals surface area contributed by atoms with E-state index in [0.717, 1.165) is 43.2 Å². The molecule has 10 nitrogen and oxygen atoms in total. The number of aromatic nitrogens is 2. The molecule has 10 heteroatoms. The summed E-state index contributed by atoms with van der Waals surface area (Å²) >= 11 is 0. The fraction of sp³-hybridized carbons (Fsp3) is 0.577. The number of likely N-dealkylation sites (tertiary alicyclic amines) is 1. The SMILES string of the molecule is Cn1c(=O)n(C2CCC(=O)NC2=O)c2ccc(C3CCN(C(=O)CCCCCCC(=O)O)CC3)cc21. The van der Waals surface area contributed by atoms with E-state index in [-0.39, 0.29) is 36.3 Å². The first-order valence-electron chi connectivity index (χ1n) is 12.8. The molecule has 1 atom stereocenters. The number of rotatable bonds is 9. The van der Waals surface area contributed by atoms with Crippen molar-refractivity contribution in [2.24, 2.45) is 7.05 Å². The second-order valence-electron chi connectivity index (χ2n) is 9.89. The second-order valence-corrected chi connectivity index (χ2v) is 9.89. The van der Waals surface area contributed by atoms with Gasteiger partial charge in [0.2, 0.25) is 17.7 Å². The molecule has 4 rings (SSSR count). The van der Waals surface area contributed by atoms with Gasteiger partial charge in [-0.1, -0.05) is 18.9 Å². The number of carboxylic acids is 1. The number of aryl methyl sites for hydroxylation is 1. The van der Waals surface area contributed by atoms with Crippen molar-refractivity contribution >= 4 is 34.7 Å². The maximum absolute atomic E-state index is 13.0. The molecule has 2 aliphatic rings. The van der Waals surface area contributed by atoms with Crippen LogP contribution in [-0.2, 0) is 26.2 Å². The van der Waals surface area contributed by atoms with Crippen molar-refractivity contribution in [3.63, 3.8) is 0 Å². The van der Waals surface area contributed by atoms with Gasteiger partial charge >= 0.3 is 11.7 Å². The normalized spacial score (nSPS) is 19.0. The van der Waals surface area contributed by atoms with Crippen molar-refractivity contribution < 1.29 is 24.3 Å². The van der Waals surface area contributed by atoms with Crippen molar-refractivity contribution in [3.05, 3.63) is 34.2 Å². The largest absolute Gasteiger partial charge is 0.481 e. The highest BCUT2D eigenvalue weighted by atomic mass is 16.4. The molecule has 36 heavy (non-hydrogen) atoms. The Morgan fingerprint density at radius 2 is 1.67 bits per heavy atom. The fourth-order valence-electron chi connectivity index (χ4n) is 5.39. The Kier molecular flexibility index (Phi) is 7.91. The van der Waals surface area contributed by atoms with E-state index in [1.807, 2.05) is 23.1 Å². The lowest BCUT2D eigenvalue weighted by atomic mass is 9.89. The van der Waals surface area contributed by atoms with Crippen LogP contribution in [0.25, 0.3) is 11.0 Å². The Morgan fingerprint density at radius 1 is 0.972 bits per heavy atom. The lowest BCUT2D eigenvalue weighted by Crippen LogP contribution is -2.44. The zero-order valence-electron chi connectivity index (χ0n) is 20.7. The van der Waals surface area contributed by atoms with E-state index >= 15 is 0 Å². The van der Waals surface area contributed by atoms with Gasteiger partial charge in [-0.05, 0) is 55.7 Å². The fourth-order valence-corrected chi connectivity index (χ4v) is 5.39. The summed E-state index contributed by atoms with van der Waals surface area (Å²) in [5.74, 6) is -1.09. The molecule has 0 saturated carbocycles. The summed E-state index contributed by atoms with van der Waals surface area (Å²) in [6.45, 7) is 1.38. The number of hydrogen-bond donors (Lipinski definition) is 2. The number of piperidine rings is 2. The van der Waals surface area contributed by atoms with Gasteiger partial charge in [-0.2, -0.15) is 0 Å². The number of fused-ring (bicyclic) bond motifs is 1. The second kappa shape index (κ2) is 11.1.